The Labute approximate surface area is 180 Å². The van der Waals surface area contributed by atoms with Gasteiger partial charge < -0.3 is 24.8 Å². The Hall–Kier alpha value is -3.39. The molecule has 164 valence electrons. The lowest BCUT2D eigenvalue weighted by atomic mass is 9.98. The molecule has 8 nitrogen and oxygen atoms in total. The first kappa shape index (κ1) is 22.3. The van der Waals surface area contributed by atoms with Gasteiger partial charge in [-0.05, 0) is 29.2 Å². The van der Waals surface area contributed by atoms with E-state index in [0.29, 0.717) is 0 Å². The third kappa shape index (κ3) is 5.03. The molecule has 1 aliphatic carbocycles. The number of hydrogen-bond acceptors (Lipinski definition) is 6. The van der Waals surface area contributed by atoms with Crippen LogP contribution in [-0.2, 0) is 23.8 Å². The van der Waals surface area contributed by atoms with Gasteiger partial charge in [0.25, 0.3) is 0 Å². The summed E-state index contributed by atoms with van der Waals surface area (Å²) in [7, 11) is 2.63. The van der Waals surface area contributed by atoms with Gasteiger partial charge in [-0.3, -0.25) is 4.79 Å². The van der Waals surface area contributed by atoms with Crippen LogP contribution >= 0.6 is 0 Å². The van der Waals surface area contributed by atoms with E-state index in [1.54, 1.807) is 0 Å². The molecule has 0 radical (unpaired) electrons. The summed E-state index contributed by atoms with van der Waals surface area (Å²) in [6.45, 7) is 1.53. The third-order valence-corrected chi connectivity index (χ3v) is 5.20. The summed E-state index contributed by atoms with van der Waals surface area (Å²) >= 11 is 0. The molecule has 2 aromatic carbocycles. The van der Waals surface area contributed by atoms with E-state index in [4.69, 9.17) is 9.47 Å². The molecular weight excluding hydrogens is 400 g/mol. The zero-order valence-electron chi connectivity index (χ0n) is 17.7. The molecule has 2 N–H and O–H groups in total. The van der Waals surface area contributed by atoms with Gasteiger partial charge in [0, 0.05) is 13.0 Å². The number of ether oxygens (including phenoxy) is 3. The maximum atomic E-state index is 12.4. The number of carbonyl (C=O) groups is 3. The molecule has 8 heteroatoms. The Balaban J connectivity index is 1.63. The largest absolute Gasteiger partial charge is 0.467 e. The maximum Gasteiger partial charge on any atom is 0.407 e. The second-order valence-electron chi connectivity index (χ2n) is 7.23. The van der Waals surface area contributed by atoms with Crippen LogP contribution in [0.4, 0.5) is 4.79 Å². The van der Waals surface area contributed by atoms with Crippen LogP contribution in [0.25, 0.3) is 11.1 Å². The second-order valence-corrected chi connectivity index (χ2v) is 7.23. The van der Waals surface area contributed by atoms with Crippen LogP contribution in [0.5, 0.6) is 0 Å². The highest BCUT2D eigenvalue weighted by Gasteiger charge is 2.30. The number of benzene rings is 2. The van der Waals surface area contributed by atoms with Crippen molar-refractivity contribution in [3.63, 3.8) is 0 Å². The van der Waals surface area contributed by atoms with Crippen LogP contribution in [0.3, 0.4) is 0 Å². The summed E-state index contributed by atoms with van der Waals surface area (Å²) < 4.78 is 15.1. The van der Waals surface area contributed by atoms with Gasteiger partial charge in [0.15, 0.2) is 0 Å². The lowest BCUT2D eigenvalue weighted by Gasteiger charge is -2.20. The SMILES string of the molecule is COC[C@@H](NC(=O)OCC1c2ccccc2-c2ccccc21)C(=O)N[C@@H](C)C(=O)OC. The molecule has 0 saturated carbocycles. The Bertz CT molecular complexity index is 915. The van der Waals surface area contributed by atoms with E-state index in [-0.39, 0.29) is 19.1 Å². The number of esters is 1. The predicted molar refractivity (Wildman–Crippen MR) is 113 cm³/mol. The standard InChI is InChI=1S/C23H26N2O6/c1-14(22(27)30-3)24-21(26)20(13-29-2)25-23(28)31-12-19-17-10-6-4-8-15(17)16-9-5-7-11-18(16)19/h4-11,14,19-20H,12-13H2,1-3H3,(H,24,26)(H,25,28)/t14-,20+/m0/s1. The van der Waals surface area contributed by atoms with Gasteiger partial charge in [-0.25, -0.2) is 9.59 Å². The quantitative estimate of drug-likeness (QED) is 0.628. The highest BCUT2D eigenvalue weighted by atomic mass is 16.5. The van der Waals surface area contributed by atoms with Crippen molar-refractivity contribution in [2.45, 2.75) is 24.9 Å². The topological polar surface area (TPSA) is 103 Å². The van der Waals surface area contributed by atoms with Gasteiger partial charge in [0.1, 0.15) is 18.7 Å². The Morgan fingerprint density at radius 3 is 2.06 bits per heavy atom. The monoisotopic (exact) mass is 426 g/mol. The number of fused-ring (bicyclic) bond motifs is 3. The van der Waals surface area contributed by atoms with Crippen LogP contribution in [0.1, 0.15) is 24.0 Å². The number of nitrogens with one attached hydrogen (secondary N) is 2. The first-order valence-electron chi connectivity index (χ1n) is 9.95. The maximum absolute atomic E-state index is 12.4. The first-order chi connectivity index (χ1) is 15.0. The highest BCUT2D eigenvalue weighted by molar-refractivity contribution is 5.89. The van der Waals surface area contributed by atoms with Gasteiger partial charge in [-0.15, -0.1) is 0 Å². The lowest BCUT2D eigenvalue weighted by molar-refractivity contribution is -0.144. The van der Waals surface area contributed by atoms with Crippen molar-refractivity contribution in [3.05, 3.63) is 59.7 Å². The van der Waals surface area contributed by atoms with Crippen LogP contribution in [0, 0.1) is 0 Å². The Kier molecular flexibility index (Phi) is 7.25. The molecule has 2 amide bonds. The molecule has 0 aromatic heterocycles. The van der Waals surface area contributed by atoms with Crippen molar-refractivity contribution in [2.75, 3.05) is 27.4 Å². The number of amides is 2. The van der Waals surface area contributed by atoms with E-state index >= 15 is 0 Å². The van der Waals surface area contributed by atoms with Gasteiger partial charge in [0.05, 0.1) is 13.7 Å². The average Bonchev–Trinajstić information content (AvgIpc) is 3.10. The minimum absolute atomic E-state index is 0.0794. The zero-order valence-corrected chi connectivity index (χ0v) is 17.7. The van der Waals surface area contributed by atoms with Crippen LogP contribution in [-0.4, -0.2) is 57.5 Å². The van der Waals surface area contributed by atoms with Crippen molar-refractivity contribution in [2.24, 2.45) is 0 Å². The van der Waals surface area contributed by atoms with E-state index in [2.05, 4.69) is 27.5 Å². The third-order valence-electron chi connectivity index (χ3n) is 5.20. The number of hydrogen-bond donors (Lipinski definition) is 2. The van der Waals surface area contributed by atoms with Crippen molar-refractivity contribution < 1.29 is 28.6 Å². The van der Waals surface area contributed by atoms with Crippen LogP contribution in [0.15, 0.2) is 48.5 Å². The van der Waals surface area contributed by atoms with Crippen LogP contribution in [0.2, 0.25) is 0 Å². The van der Waals surface area contributed by atoms with E-state index < -0.39 is 30.1 Å². The summed E-state index contributed by atoms with van der Waals surface area (Å²) in [4.78, 5) is 36.4. The fourth-order valence-electron chi connectivity index (χ4n) is 3.68. The molecule has 3 rings (SSSR count). The van der Waals surface area contributed by atoms with E-state index in [1.807, 2.05) is 36.4 Å². The molecule has 31 heavy (non-hydrogen) atoms. The summed E-state index contributed by atoms with van der Waals surface area (Å²) in [6.07, 6.45) is -0.746. The van der Waals surface area contributed by atoms with Crippen molar-refractivity contribution in [3.8, 4) is 11.1 Å². The van der Waals surface area contributed by atoms with Gasteiger partial charge in [0.2, 0.25) is 5.91 Å². The molecule has 0 spiro atoms. The average molecular weight is 426 g/mol. The van der Waals surface area contributed by atoms with Gasteiger partial charge >= 0.3 is 12.1 Å². The van der Waals surface area contributed by atoms with Crippen molar-refractivity contribution >= 4 is 18.0 Å². The summed E-state index contributed by atoms with van der Waals surface area (Å²) in [6, 6.07) is 14.1. The summed E-state index contributed by atoms with van der Waals surface area (Å²) in [5.41, 5.74) is 4.44. The molecule has 2 aromatic rings. The number of rotatable bonds is 8. The molecular formula is C23H26N2O6. The molecule has 0 heterocycles. The van der Waals surface area contributed by atoms with Gasteiger partial charge in [-0.2, -0.15) is 0 Å². The minimum Gasteiger partial charge on any atom is -0.467 e. The van der Waals surface area contributed by atoms with Crippen molar-refractivity contribution in [1.29, 1.82) is 0 Å². The lowest BCUT2D eigenvalue weighted by Crippen LogP contribution is -2.53. The molecule has 0 fully saturated rings. The molecule has 1 aliphatic rings. The molecule has 0 aliphatic heterocycles. The van der Waals surface area contributed by atoms with Crippen molar-refractivity contribution in [1.82, 2.24) is 10.6 Å². The normalized spacial score (nSPS) is 14.0. The van der Waals surface area contributed by atoms with E-state index in [1.165, 1.54) is 21.1 Å². The summed E-state index contributed by atoms with van der Waals surface area (Å²) in [5, 5.41) is 4.98. The number of methoxy groups -OCH3 is 2. The first-order valence-corrected chi connectivity index (χ1v) is 9.95. The Morgan fingerprint density at radius 2 is 1.52 bits per heavy atom. The highest BCUT2D eigenvalue weighted by Crippen LogP contribution is 2.44. The van der Waals surface area contributed by atoms with Crippen LogP contribution < -0.4 is 10.6 Å². The van der Waals surface area contributed by atoms with E-state index in [9.17, 15) is 14.4 Å². The zero-order chi connectivity index (χ0) is 22.4. The minimum atomic E-state index is -1.02. The number of carbonyl (C=O) groups excluding carboxylic acids is 3. The predicted octanol–water partition coefficient (Wildman–Crippen LogP) is 2.22. The molecule has 0 saturated heterocycles. The smallest absolute Gasteiger partial charge is 0.407 e. The second kappa shape index (κ2) is 10.1. The fourth-order valence-corrected chi connectivity index (χ4v) is 3.68. The molecule has 2 atom stereocenters. The molecule has 0 bridgehead atoms. The number of alkyl carbamates (subject to hydrolysis) is 1. The van der Waals surface area contributed by atoms with E-state index in [0.717, 1.165) is 22.3 Å². The Morgan fingerprint density at radius 1 is 0.935 bits per heavy atom. The molecule has 0 unspecified atom stereocenters. The fraction of sp³-hybridized carbons (Fsp3) is 0.348. The summed E-state index contributed by atoms with van der Waals surface area (Å²) in [5.74, 6) is -1.26. The van der Waals surface area contributed by atoms with Gasteiger partial charge in [-0.1, -0.05) is 48.5 Å².